The number of aromatic nitrogens is 3. The van der Waals surface area contributed by atoms with Gasteiger partial charge in [0.05, 0.1) is 16.4 Å². The summed E-state index contributed by atoms with van der Waals surface area (Å²) < 4.78 is 1.60. The molecule has 6 nitrogen and oxygen atoms in total. The maximum absolute atomic E-state index is 12.6. The van der Waals surface area contributed by atoms with Crippen molar-refractivity contribution < 1.29 is 4.79 Å². The zero-order valence-corrected chi connectivity index (χ0v) is 13.1. The largest absolute Gasteiger partial charge is 0.337 e. The summed E-state index contributed by atoms with van der Waals surface area (Å²) in [6.07, 6.45) is 0.944. The molecule has 1 aliphatic heterocycles. The molecular weight excluding hydrogens is 302 g/mol. The molecule has 1 saturated heterocycles. The molecule has 116 valence electrons. The van der Waals surface area contributed by atoms with Gasteiger partial charge in [-0.1, -0.05) is 28.9 Å². The molecule has 3 rings (SSSR count). The van der Waals surface area contributed by atoms with Crippen LogP contribution in [0, 0.1) is 12.8 Å². The third-order valence-electron chi connectivity index (χ3n) is 4.08. The topological polar surface area (TPSA) is 77.0 Å². The van der Waals surface area contributed by atoms with Gasteiger partial charge in [-0.25, -0.2) is 4.68 Å². The zero-order valence-electron chi connectivity index (χ0n) is 12.4. The summed E-state index contributed by atoms with van der Waals surface area (Å²) in [5, 5.41) is 8.72. The molecule has 2 aromatic rings. The lowest BCUT2D eigenvalue weighted by Crippen LogP contribution is -2.30. The normalized spacial score (nSPS) is 18.0. The molecule has 1 amide bonds. The summed E-state index contributed by atoms with van der Waals surface area (Å²) >= 11 is 6.19. The van der Waals surface area contributed by atoms with E-state index in [1.165, 1.54) is 0 Å². The molecule has 2 N–H and O–H groups in total. The number of hydrogen-bond acceptors (Lipinski definition) is 4. The van der Waals surface area contributed by atoms with Crippen LogP contribution in [-0.4, -0.2) is 45.4 Å². The summed E-state index contributed by atoms with van der Waals surface area (Å²) in [6, 6.07) is 7.35. The molecule has 1 aromatic heterocycles. The van der Waals surface area contributed by atoms with Crippen LogP contribution in [0.3, 0.4) is 0 Å². The summed E-state index contributed by atoms with van der Waals surface area (Å²) in [6.45, 7) is 3.84. The van der Waals surface area contributed by atoms with E-state index in [9.17, 15) is 4.79 Å². The Morgan fingerprint density at radius 3 is 2.91 bits per heavy atom. The number of rotatable bonds is 3. The lowest BCUT2D eigenvalue weighted by Gasteiger charge is -2.15. The lowest BCUT2D eigenvalue weighted by molar-refractivity contribution is 0.0781. The Balaban J connectivity index is 1.88. The van der Waals surface area contributed by atoms with Crippen LogP contribution in [0.25, 0.3) is 5.69 Å². The summed E-state index contributed by atoms with van der Waals surface area (Å²) in [4.78, 5) is 14.4. The van der Waals surface area contributed by atoms with Crippen LogP contribution in [0.15, 0.2) is 24.3 Å². The number of nitrogens with two attached hydrogens (primary N) is 1. The number of hydrogen-bond donors (Lipinski definition) is 1. The Kier molecular flexibility index (Phi) is 4.13. The number of para-hydroxylation sites is 1. The molecule has 1 atom stereocenters. The van der Waals surface area contributed by atoms with Gasteiger partial charge < -0.3 is 10.6 Å². The number of carbonyl (C=O) groups is 1. The lowest BCUT2D eigenvalue weighted by atomic mass is 10.1. The molecule has 7 heteroatoms. The standard InChI is InChI=1S/C15H18ClN5O/c1-10-14(15(22)20-7-6-11(8-17)9-20)18-19-21(10)13-5-3-2-4-12(13)16/h2-5,11H,6-9,17H2,1H3. The molecule has 0 spiro atoms. The van der Waals surface area contributed by atoms with Crippen molar-refractivity contribution >= 4 is 17.5 Å². The van der Waals surface area contributed by atoms with E-state index in [0.717, 1.165) is 18.7 Å². The monoisotopic (exact) mass is 319 g/mol. The van der Waals surface area contributed by atoms with E-state index in [-0.39, 0.29) is 5.91 Å². The second-order valence-corrected chi connectivity index (χ2v) is 5.94. The van der Waals surface area contributed by atoms with Crippen molar-refractivity contribution in [2.24, 2.45) is 11.7 Å². The fraction of sp³-hybridized carbons (Fsp3) is 0.400. The maximum atomic E-state index is 12.6. The Labute approximate surface area is 133 Å². The molecule has 1 aromatic carbocycles. The van der Waals surface area contributed by atoms with Crippen molar-refractivity contribution in [3.63, 3.8) is 0 Å². The molecule has 1 unspecified atom stereocenters. The van der Waals surface area contributed by atoms with E-state index in [4.69, 9.17) is 17.3 Å². The zero-order chi connectivity index (χ0) is 15.7. The minimum absolute atomic E-state index is 0.0910. The highest BCUT2D eigenvalue weighted by atomic mass is 35.5. The van der Waals surface area contributed by atoms with Gasteiger partial charge in [0.25, 0.3) is 5.91 Å². The second-order valence-electron chi connectivity index (χ2n) is 5.53. The summed E-state index contributed by atoms with van der Waals surface area (Å²) in [5.74, 6) is 0.287. The maximum Gasteiger partial charge on any atom is 0.276 e. The average molecular weight is 320 g/mol. The quantitative estimate of drug-likeness (QED) is 0.933. The van der Waals surface area contributed by atoms with E-state index in [1.54, 1.807) is 15.6 Å². The first-order valence-corrected chi connectivity index (χ1v) is 7.66. The van der Waals surface area contributed by atoms with Crippen LogP contribution >= 0.6 is 11.6 Å². The van der Waals surface area contributed by atoms with Gasteiger partial charge in [-0.3, -0.25) is 4.79 Å². The van der Waals surface area contributed by atoms with Crippen molar-refractivity contribution in [1.29, 1.82) is 0 Å². The van der Waals surface area contributed by atoms with Gasteiger partial charge in [-0.05, 0) is 37.9 Å². The van der Waals surface area contributed by atoms with Gasteiger partial charge in [0.1, 0.15) is 0 Å². The van der Waals surface area contributed by atoms with Crippen LogP contribution < -0.4 is 5.73 Å². The Bertz CT molecular complexity index is 699. The number of halogens is 1. The smallest absolute Gasteiger partial charge is 0.276 e. The van der Waals surface area contributed by atoms with Gasteiger partial charge in [0, 0.05) is 13.1 Å². The minimum atomic E-state index is -0.0910. The first kappa shape index (κ1) is 15.0. The van der Waals surface area contributed by atoms with E-state index in [1.807, 2.05) is 25.1 Å². The summed E-state index contributed by atoms with van der Waals surface area (Å²) in [5.41, 5.74) is 7.46. The van der Waals surface area contributed by atoms with Crippen LogP contribution in [0.4, 0.5) is 0 Å². The molecule has 1 fully saturated rings. The fourth-order valence-corrected chi connectivity index (χ4v) is 2.95. The SMILES string of the molecule is Cc1c(C(=O)N2CCC(CN)C2)nnn1-c1ccccc1Cl. The van der Waals surface area contributed by atoms with Crippen molar-refractivity contribution in [3.05, 3.63) is 40.7 Å². The number of likely N-dealkylation sites (tertiary alicyclic amines) is 1. The number of amides is 1. The Hall–Kier alpha value is -1.92. The molecule has 0 aliphatic carbocycles. The predicted octanol–water partition coefficient (Wildman–Crippen LogP) is 1.65. The third-order valence-corrected chi connectivity index (χ3v) is 4.40. The van der Waals surface area contributed by atoms with Gasteiger partial charge in [-0.2, -0.15) is 0 Å². The number of benzene rings is 1. The fourth-order valence-electron chi connectivity index (χ4n) is 2.74. The van der Waals surface area contributed by atoms with Crippen molar-refractivity contribution in [2.45, 2.75) is 13.3 Å². The van der Waals surface area contributed by atoms with E-state index < -0.39 is 0 Å². The van der Waals surface area contributed by atoms with E-state index >= 15 is 0 Å². The van der Waals surface area contributed by atoms with Crippen LogP contribution in [0.2, 0.25) is 5.02 Å². The first-order valence-electron chi connectivity index (χ1n) is 7.28. The predicted molar refractivity (Wildman–Crippen MR) is 84.2 cm³/mol. The highest BCUT2D eigenvalue weighted by molar-refractivity contribution is 6.32. The van der Waals surface area contributed by atoms with E-state index in [0.29, 0.717) is 35.4 Å². The highest BCUT2D eigenvalue weighted by Crippen LogP contribution is 2.23. The molecule has 0 bridgehead atoms. The number of nitrogens with zero attached hydrogens (tertiary/aromatic N) is 4. The van der Waals surface area contributed by atoms with Crippen molar-refractivity contribution in [2.75, 3.05) is 19.6 Å². The van der Waals surface area contributed by atoms with Crippen LogP contribution in [0.5, 0.6) is 0 Å². The first-order chi connectivity index (χ1) is 10.6. The minimum Gasteiger partial charge on any atom is -0.337 e. The molecule has 1 aliphatic rings. The second kappa shape index (κ2) is 6.06. The highest BCUT2D eigenvalue weighted by Gasteiger charge is 2.29. The average Bonchev–Trinajstić information content (AvgIpc) is 3.14. The molecule has 0 saturated carbocycles. The Morgan fingerprint density at radius 1 is 1.45 bits per heavy atom. The Morgan fingerprint density at radius 2 is 2.23 bits per heavy atom. The van der Waals surface area contributed by atoms with Gasteiger partial charge in [0.15, 0.2) is 5.69 Å². The van der Waals surface area contributed by atoms with Crippen molar-refractivity contribution in [3.8, 4) is 5.69 Å². The number of carbonyl (C=O) groups excluding carboxylic acids is 1. The molecule has 22 heavy (non-hydrogen) atoms. The van der Waals surface area contributed by atoms with Crippen molar-refractivity contribution in [1.82, 2.24) is 19.9 Å². The van der Waals surface area contributed by atoms with Gasteiger partial charge in [0.2, 0.25) is 0 Å². The third kappa shape index (κ3) is 2.60. The molecule has 0 radical (unpaired) electrons. The summed E-state index contributed by atoms with van der Waals surface area (Å²) in [7, 11) is 0. The molecule has 2 heterocycles. The van der Waals surface area contributed by atoms with Gasteiger partial charge >= 0.3 is 0 Å². The van der Waals surface area contributed by atoms with E-state index in [2.05, 4.69) is 10.3 Å². The van der Waals surface area contributed by atoms with Gasteiger partial charge in [-0.15, -0.1) is 5.10 Å². The molecular formula is C15H18ClN5O. The van der Waals surface area contributed by atoms with Crippen LogP contribution in [0.1, 0.15) is 22.6 Å². The van der Waals surface area contributed by atoms with Crippen LogP contribution in [-0.2, 0) is 0 Å².